The Morgan fingerprint density at radius 1 is 1.05 bits per heavy atom. The maximum Gasteiger partial charge on any atom is 0.323 e. The third-order valence-electron chi connectivity index (χ3n) is 2.69. The summed E-state index contributed by atoms with van der Waals surface area (Å²) >= 11 is 3.39. The lowest BCUT2D eigenvalue weighted by Crippen LogP contribution is -2.20. The summed E-state index contributed by atoms with van der Waals surface area (Å²) in [6.07, 6.45) is 0. The number of rotatable bonds is 4. The molecule has 4 nitrogen and oxygen atoms in total. The Labute approximate surface area is 126 Å². The summed E-state index contributed by atoms with van der Waals surface area (Å²) < 4.78 is 5.94. The Morgan fingerprint density at radius 3 is 2.35 bits per heavy atom. The van der Waals surface area contributed by atoms with Gasteiger partial charge in [0.15, 0.2) is 0 Å². The summed E-state index contributed by atoms with van der Waals surface area (Å²) in [6, 6.07) is 14.7. The van der Waals surface area contributed by atoms with Crippen LogP contribution in [0.25, 0.3) is 0 Å². The highest BCUT2D eigenvalue weighted by molar-refractivity contribution is 9.10. The van der Waals surface area contributed by atoms with E-state index < -0.39 is 0 Å². The number of benzene rings is 2. The summed E-state index contributed by atoms with van der Waals surface area (Å²) in [5.74, 6) is 0. The van der Waals surface area contributed by atoms with Crippen LogP contribution in [0.3, 0.4) is 0 Å². The van der Waals surface area contributed by atoms with Crippen molar-refractivity contribution in [2.45, 2.75) is 6.61 Å². The minimum Gasteiger partial charge on any atom is -0.380 e. The smallest absolute Gasteiger partial charge is 0.323 e. The summed E-state index contributed by atoms with van der Waals surface area (Å²) in [5.41, 5.74) is 2.38. The normalized spacial score (nSPS) is 10.1. The third kappa shape index (κ3) is 3.82. The van der Waals surface area contributed by atoms with E-state index in [0.29, 0.717) is 12.3 Å². The highest BCUT2D eigenvalue weighted by atomic mass is 79.9. The van der Waals surface area contributed by atoms with Gasteiger partial charge in [0.25, 0.3) is 0 Å². The largest absolute Gasteiger partial charge is 0.380 e. The number of methoxy groups -OCH3 is 1. The van der Waals surface area contributed by atoms with E-state index in [1.54, 1.807) is 7.11 Å². The van der Waals surface area contributed by atoms with Crippen molar-refractivity contribution in [3.63, 3.8) is 0 Å². The van der Waals surface area contributed by atoms with Crippen LogP contribution in [0.5, 0.6) is 0 Å². The van der Waals surface area contributed by atoms with E-state index in [9.17, 15) is 4.79 Å². The Hall–Kier alpha value is -1.85. The van der Waals surface area contributed by atoms with Gasteiger partial charge in [-0.3, -0.25) is 0 Å². The van der Waals surface area contributed by atoms with E-state index in [0.717, 1.165) is 15.7 Å². The summed E-state index contributed by atoms with van der Waals surface area (Å²) in [7, 11) is 1.62. The van der Waals surface area contributed by atoms with E-state index >= 15 is 0 Å². The molecule has 5 heteroatoms. The van der Waals surface area contributed by atoms with Crippen LogP contribution < -0.4 is 10.6 Å². The van der Waals surface area contributed by atoms with Crippen molar-refractivity contribution < 1.29 is 9.53 Å². The molecule has 0 aliphatic heterocycles. The highest BCUT2D eigenvalue weighted by Gasteiger charge is 2.07. The molecule has 104 valence electrons. The molecule has 0 spiro atoms. The molecule has 20 heavy (non-hydrogen) atoms. The summed E-state index contributed by atoms with van der Waals surface area (Å²) in [5, 5.41) is 5.61. The van der Waals surface area contributed by atoms with Crippen molar-refractivity contribution in [1.82, 2.24) is 0 Å². The average Bonchev–Trinajstić information content (AvgIpc) is 2.44. The van der Waals surface area contributed by atoms with Crippen molar-refractivity contribution in [3.8, 4) is 0 Å². The number of carbonyl (C=O) groups excluding carboxylic acids is 1. The van der Waals surface area contributed by atoms with Gasteiger partial charge < -0.3 is 15.4 Å². The number of carbonyl (C=O) groups is 1. The maximum atomic E-state index is 12.0. The number of urea groups is 1. The van der Waals surface area contributed by atoms with Crippen LogP contribution in [0.4, 0.5) is 16.2 Å². The molecule has 2 aromatic carbocycles. The Kier molecular flexibility index (Phi) is 5.15. The molecule has 0 fully saturated rings. The molecule has 0 aliphatic carbocycles. The molecule has 0 saturated heterocycles. The standard InChI is InChI=1S/C15H15BrN2O2/c1-20-10-11-6-2-4-8-13(11)17-15(19)18-14-9-5-3-7-12(14)16/h2-9H,10H2,1H3,(H2,17,18,19). The molecule has 2 amide bonds. The van der Waals surface area contributed by atoms with Gasteiger partial charge in [0.1, 0.15) is 0 Å². The highest BCUT2D eigenvalue weighted by Crippen LogP contribution is 2.22. The maximum absolute atomic E-state index is 12.0. The Bertz CT molecular complexity index is 602. The molecule has 0 heterocycles. The van der Waals surface area contributed by atoms with Crippen molar-refractivity contribution in [1.29, 1.82) is 0 Å². The van der Waals surface area contributed by atoms with Gasteiger partial charge in [-0.2, -0.15) is 0 Å². The van der Waals surface area contributed by atoms with Crippen molar-refractivity contribution in [3.05, 3.63) is 58.6 Å². The molecule has 0 atom stereocenters. The van der Waals surface area contributed by atoms with Crippen LogP contribution in [0.2, 0.25) is 0 Å². The fraction of sp³-hybridized carbons (Fsp3) is 0.133. The topological polar surface area (TPSA) is 50.4 Å². The van der Waals surface area contributed by atoms with Gasteiger partial charge in [-0.05, 0) is 34.1 Å². The number of nitrogens with one attached hydrogen (secondary N) is 2. The van der Waals surface area contributed by atoms with E-state index in [2.05, 4.69) is 26.6 Å². The van der Waals surface area contributed by atoms with Crippen LogP contribution in [0.15, 0.2) is 53.0 Å². The molecule has 2 aromatic rings. The number of anilines is 2. The van der Waals surface area contributed by atoms with Crippen LogP contribution >= 0.6 is 15.9 Å². The van der Waals surface area contributed by atoms with Crippen LogP contribution in [-0.2, 0) is 11.3 Å². The van der Waals surface area contributed by atoms with Gasteiger partial charge in [0.05, 0.1) is 12.3 Å². The van der Waals surface area contributed by atoms with E-state index in [-0.39, 0.29) is 6.03 Å². The van der Waals surface area contributed by atoms with E-state index in [1.165, 1.54) is 0 Å². The fourth-order valence-corrected chi connectivity index (χ4v) is 2.15. The summed E-state index contributed by atoms with van der Waals surface area (Å²) in [6.45, 7) is 0.450. The predicted octanol–water partition coefficient (Wildman–Crippen LogP) is 4.24. The first-order valence-corrected chi connectivity index (χ1v) is 6.89. The molecule has 0 saturated carbocycles. The second-order valence-corrected chi connectivity index (χ2v) is 5.00. The predicted molar refractivity (Wildman–Crippen MR) is 83.9 cm³/mol. The third-order valence-corrected chi connectivity index (χ3v) is 3.38. The second kappa shape index (κ2) is 7.07. The number of hydrogen-bond acceptors (Lipinski definition) is 2. The fourth-order valence-electron chi connectivity index (χ4n) is 1.76. The number of amides is 2. The first kappa shape index (κ1) is 14.6. The quantitative estimate of drug-likeness (QED) is 0.878. The van der Waals surface area contributed by atoms with E-state index in [1.807, 2.05) is 48.5 Å². The van der Waals surface area contributed by atoms with Gasteiger partial charge >= 0.3 is 6.03 Å². The zero-order valence-corrected chi connectivity index (χ0v) is 12.6. The Morgan fingerprint density at radius 2 is 1.65 bits per heavy atom. The van der Waals surface area contributed by atoms with Gasteiger partial charge in [0.2, 0.25) is 0 Å². The SMILES string of the molecule is COCc1ccccc1NC(=O)Nc1ccccc1Br. The van der Waals surface area contributed by atoms with Crippen molar-refractivity contribution >= 4 is 33.3 Å². The number of hydrogen-bond donors (Lipinski definition) is 2. The lowest BCUT2D eigenvalue weighted by molar-refractivity contribution is 0.185. The summed E-state index contributed by atoms with van der Waals surface area (Å²) in [4.78, 5) is 12.0. The van der Waals surface area contributed by atoms with Crippen LogP contribution in [-0.4, -0.2) is 13.1 Å². The zero-order valence-electron chi connectivity index (χ0n) is 11.0. The lowest BCUT2D eigenvalue weighted by atomic mass is 10.2. The van der Waals surface area contributed by atoms with Gasteiger partial charge in [-0.1, -0.05) is 30.3 Å². The van der Waals surface area contributed by atoms with E-state index in [4.69, 9.17) is 4.74 Å². The average molecular weight is 335 g/mol. The monoisotopic (exact) mass is 334 g/mol. The number of ether oxygens (including phenoxy) is 1. The molecule has 0 radical (unpaired) electrons. The molecular formula is C15H15BrN2O2. The molecule has 0 bridgehead atoms. The van der Waals surface area contributed by atoms with Crippen LogP contribution in [0.1, 0.15) is 5.56 Å². The zero-order chi connectivity index (χ0) is 14.4. The van der Waals surface area contributed by atoms with Gasteiger partial charge in [-0.15, -0.1) is 0 Å². The molecule has 0 aliphatic rings. The number of para-hydroxylation sites is 2. The molecule has 2 rings (SSSR count). The van der Waals surface area contributed by atoms with Gasteiger partial charge in [-0.25, -0.2) is 4.79 Å². The van der Waals surface area contributed by atoms with Crippen molar-refractivity contribution in [2.24, 2.45) is 0 Å². The van der Waals surface area contributed by atoms with Crippen molar-refractivity contribution in [2.75, 3.05) is 17.7 Å². The first-order valence-electron chi connectivity index (χ1n) is 6.10. The molecule has 0 aromatic heterocycles. The molecule has 2 N–H and O–H groups in total. The molecular weight excluding hydrogens is 320 g/mol. The number of halogens is 1. The van der Waals surface area contributed by atoms with Crippen LogP contribution in [0, 0.1) is 0 Å². The van der Waals surface area contributed by atoms with Gasteiger partial charge in [0, 0.05) is 22.8 Å². The second-order valence-electron chi connectivity index (χ2n) is 4.15. The minimum absolute atomic E-state index is 0.291. The first-order chi connectivity index (χ1) is 9.70. The Balaban J connectivity index is 2.07. The molecule has 0 unspecified atom stereocenters. The minimum atomic E-state index is -0.291. The lowest BCUT2D eigenvalue weighted by Gasteiger charge is -2.12.